The van der Waals surface area contributed by atoms with Gasteiger partial charge in [0.1, 0.15) is 17.5 Å². The average Bonchev–Trinajstić information content (AvgIpc) is 2.51. The van der Waals surface area contributed by atoms with Crippen molar-refractivity contribution in [2.24, 2.45) is 7.05 Å². The topological polar surface area (TPSA) is 40.8 Å². The summed E-state index contributed by atoms with van der Waals surface area (Å²) in [7, 11) is 3.78. The highest BCUT2D eigenvalue weighted by atomic mass is 15.1. The third-order valence-corrected chi connectivity index (χ3v) is 2.46. The van der Waals surface area contributed by atoms with Crippen LogP contribution in [0.5, 0.6) is 0 Å². The van der Waals surface area contributed by atoms with E-state index in [0.29, 0.717) is 5.56 Å². The first-order valence-electron chi connectivity index (χ1n) is 4.45. The Morgan fingerprint density at radius 1 is 1.36 bits per heavy atom. The van der Waals surface area contributed by atoms with Gasteiger partial charge in [-0.15, -0.1) is 0 Å². The van der Waals surface area contributed by atoms with Crippen LogP contribution in [0.4, 0.5) is 5.82 Å². The molecule has 0 aliphatic carbocycles. The van der Waals surface area contributed by atoms with Crippen LogP contribution in [0.3, 0.4) is 0 Å². The highest BCUT2D eigenvalue weighted by Crippen LogP contribution is 2.27. The molecule has 0 fully saturated rings. The van der Waals surface area contributed by atoms with E-state index in [2.05, 4.69) is 11.4 Å². The van der Waals surface area contributed by atoms with Crippen molar-refractivity contribution in [3.05, 3.63) is 29.8 Å². The van der Waals surface area contributed by atoms with E-state index in [0.717, 1.165) is 16.7 Å². The number of fused-ring (bicyclic) bond motifs is 1. The minimum absolute atomic E-state index is 0.714. The summed E-state index contributed by atoms with van der Waals surface area (Å²) in [5.74, 6) is 0.869. The van der Waals surface area contributed by atoms with Crippen molar-refractivity contribution in [1.29, 1.82) is 5.26 Å². The molecule has 0 amide bonds. The molecule has 0 aliphatic rings. The molecule has 0 bridgehead atoms. The molecule has 0 atom stereocenters. The molecule has 3 nitrogen and oxygen atoms in total. The number of benzene rings is 1. The number of nitrogens with zero attached hydrogens (tertiary/aromatic N) is 2. The second kappa shape index (κ2) is 3.08. The summed E-state index contributed by atoms with van der Waals surface area (Å²) in [6.45, 7) is 0. The Balaban J connectivity index is 2.93. The molecule has 70 valence electrons. The van der Waals surface area contributed by atoms with Crippen LogP contribution < -0.4 is 5.32 Å². The largest absolute Gasteiger partial charge is 0.373 e. The van der Waals surface area contributed by atoms with Gasteiger partial charge in [-0.2, -0.15) is 5.26 Å². The SMILES string of the molecule is CNc1c(C#N)c2ccccc2n1C. The molecule has 3 heteroatoms. The van der Waals surface area contributed by atoms with Gasteiger partial charge in [0.25, 0.3) is 0 Å². The molecule has 1 heterocycles. The molecule has 0 saturated carbocycles. The molecule has 1 aromatic heterocycles. The van der Waals surface area contributed by atoms with E-state index in [4.69, 9.17) is 5.26 Å². The number of hydrogen-bond donors (Lipinski definition) is 1. The van der Waals surface area contributed by atoms with Crippen LogP contribution in [0.1, 0.15) is 5.56 Å². The van der Waals surface area contributed by atoms with Gasteiger partial charge in [0.2, 0.25) is 0 Å². The number of hydrogen-bond acceptors (Lipinski definition) is 2. The maximum absolute atomic E-state index is 9.06. The van der Waals surface area contributed by atoms with Gasteiger partial charge in [0, 0.05) is 19.5 Å². The van der Waals surface area contributed by atoms with E-state index in [1.165, 1.54) is 0 Å². The summed E-state index contributed by atoms with van der Waals surface area (Å²) in [5, 5.41) is 13.1. The van der Waals surface area contributed by atoms with E-state index in [9.17, 15) is 0 Å². The van der Waals surface area contributed by atoms with Gasteiger partial charge in [-0.05, 0) is 6.07 Å². The zero-order chi connectivity index (χ0) is 10.1. The lowest BCUT2D eigenvalue weighted by atomic mass is 10.2. The van der Waals surface area contributed by atoms with Crippen LogP contribution in [-0.4, -0.2) is 11.6 Å². The third kappa shape index (κ3) is 0.975. The predicted molar refractivity (Wildman–Crippen MR) is 57.2 cm³/mol. The first kappa shape index (κ1) is 8.64. The number of nitriles is 1. The maximum atomic E-state index is 9.06. The van der Waals surface area contributed by atoms with E-state index in [-0.39, 0.29) is 0 Å². The van der Waals surface area contributed by atoms with Crippen LogP contribution in [0.2, 0.25) is 0 Å². The molecule has 0 unspecified atom stereocenters. The molecule has 0 radical (unpaired) electrons. The van der Waals surface area contributed by atoms with Gasteiger partial charge in [-0.25, -0.2) is 0 Å². The zero-order valence-electron chi connectivity index (χ0n) is 8.20. The van der Waals surface area contributed by atoms with Crippen molar-refractivity contribution in [3.63, 3.8) is 0 Å². The van der Waals surface area contributed by atoms with Gasteiger partial charge >= 0.3 is 0 Å². The molecular weight excluding hydrogens is 174 g/mol. The van der Waals surface area contributed by atoms with Crippen molar-refractivity contribution in [1.82, 2.24) is 4.57 Å². The zero-order valence-corrected chi connectivity index (χ0v) is 8.20. The van der Waals surface area contributed by atoms with Gasteiger partial charge in [-0.3, -0.25) is 0 Å². The number of aromatic nitrogens is 1. The van der Waals surface area contributed by atoms with E-state index >= 15 is 0 Å². The van der Waals surface area contributed by atoms with Crippen LogP contribution in [0.15, 0.2) is 24.3 Å². The summed E-state index contributed by atoms with van der Waals surface area (Å²) in [5.41, 5.74) is 1.79. The van der Waals surface area contributed by atoms with Crippen molar-refractivity contribution < 1.29 is 0 Å². The Morgan fingerprint density at radius 3 is 2.71 bits per heavy atom. The molecule has 0 saturated heterocycles. The van der Waals surface area contributed by atoms with Gasteiger partial charge < -0.3 is 9.88 Å². The van der Waals surface area contributed by atoms with E-state index < -0.39 is 0 Å². The minimum Gasteiger partial charge on any atom is -0.373 e. The molecule has 2 aromatic rings. The lowest BCUT2D eigenvalue weighted by molar-refractivity contribution is 0.970. The summed E-state index contributed by atoms with van der Waals surface area (Å²) < 4.78 is 1.99. The van der Waals surface area contributed by atoms with E-state index in [1.54, 1.807) is 0 Å². The summed E-state index contributed by atoms with van der Waals surface area (Å²) in [6.07, 6.45) is 0. The van der Waals surface area contributed by atoms with Crippen molar-refractivity contribution in [2.45, 2.75) is 0 Å². The minimum atomic E-state index is 0.714. The second-order valence-corrected chi connectivity index (χ2v) is 3.16. The van der Waals surface area contributed by atoms with E-state index in [1.807, 2.05) is 42.9 Å². The lowest BCUT2D eigenvalue weighted by Gasteiger charge is -2.01. The molecular formula is C11H11N3. The number of anilines is 1. The predicted octanol–water partition coefficient (Wildman–Crippen LogP) is 2.09. The van der Waals surface area contributed by atoms with Gasteiger partial charge in [0.05, 0.1) is 5.52 Å². The standard InChI is InChI=1S/C11H11N3/c1-13-11-9(7-12)8-5-3-4-6-10(8)14(11)2/h3-6,13H,1-2H3. The fraction of sp³-hybridized carbons (Fsp3) is 0.182. The highest BCUT2D eigenvalue weighted by molar-refractivity contribution is 5.92. The Bertz CT molecular complexity index is 517. The average molecular weight is 185 g/mol. The molecule has 14 heavy (non-hydrogen) atoms. The summed E-state index contributed by atoms with van der Waals surface area (Å²) in [4.78, 5) is 0. The second-order valence-electron chi connectivity index (χ2n) is 3.16. The Labute approximate surface area is 82.6 Å². The quantitative estimate of drug-likeness (QED) is 0.739. The summed E-state index contributed by atoms with van der Waals surface area (Å²) in [6, 6.07) is 10.1. The molecule has 1 aromatic carbocycles. The van der Waals surface area contributed by atoms with Crippen LogP contribution >= 0.6 is 0 Å². The smallest absolute Gasteiger partial charge is 0.124 e. The Kier molecular flexibility index (Phi) is 1.90. The molecule has 0 aliphatic heterocycles. The Hall–Kier alpha value is -1.95. The lowest BCUT2D eigenvalue weighted by Crippen LogP contribution is -1.97. The first-order valence-corrected chi connectivity index (χ1v) is 4.45. The van der Waals surface area contributed by atoms with Gasteiger partial charge in [0.15, 0.2) is 0 Å². The maximum Gasteiger partial charge on any atom is 0.124 e. The van der Waals surface area contributed by atoms with Crippen molar-refractivity contribution in [2.75, 3.05) is 12.4 Å². The molecule has 2 rings (SSSR count). The normalized spacial score (nSPS) is 10.1. The number of rotatable bonds is 1. The van der Waals surface area contributed by atoms with Crippen LogP contribution in [-0.2, 0) is 7.05 Å². The number of aryl methyl sites for hydroxylation is 1. The van der Waals surface area contributed by atoms with Crippen molar-refractivity contribution in [3.8, 4) is 6.07 Å². The highest BCUT2D eigenvalue weighted by Gasteiger charge is 2.12. The fourth-order valence-corrected chi connectivity index (χ4v) is 1.80. The molecule has 0 spiro atoms. The number of nitrogens with one attached hydrogen (secondary N) is 1. The van der Waals surface area contributed by atoms with Crippen molar-refractivity contribution >= 4 is 16.7 Å². The first-order chi connectivity index (χ1) is 6.79. The van der Waals surface area contributed by atoms with Gasteiger partial charge in [-0.1, -0.05) is 18.2 Å². The van der Waals surface area contributed by atoms with Crippen LogP contribution in [0, 0.1) is 11.3 Å². The third-order valence-electron chi connectivity index (χ3n) is 2.46. The Morgan fingerprint density at radius 2 is 2.07 bits per heavy atom. The molecule has 1 N–H and O–H groups in total. The fourth-order valence-electron chi connectivity index (χ4n) is 1.80. The number of para-hydroxylation sites is 1. The monoisotopic (exact) mass is 185 g/mol. The summed E-state index contributed by atoms with van der Waals surface area (Å²) >= 11 is 0. The van der Waals surface area contributed by atoms with Crippen LogP contribution in [0.25, 0.3) is 10.9 Å².